The molecule has 0 saturated carbocycles. The molecule has 0 atom stereocenters. The molecule has 303 valence electrons. The van der Waals surface area contributed by atoms with E-state index in [0.717, 1.165) is 49.9 Å². The topological polar surface area (TPSA) is 38.9 Å². The quantitative estimate of drug-likeness (QED) is 0.112. The molecule has 3 heterocycles. The SMILES string of the molecule is C[Si](C)(C)c1ccc(-c2[c-]cccc2)nc1.[2H]C([2H])([2H])c1cnc(-c2[c-]ccc3c2oc2cc(-c4ccccc4)ccc23)cc1-c1c(C(C)C)cc([Si](C)(C)C)cc1C(C)C.[Ir]. The fourth-order valence-corrected chi connectivity index (χ4v) is 9.65. The molecule has 0 aliphatic heterocycles. The standard InChI is InChI=1S/C39H40NOSi.C14H16NSi.Ir/c1-24(2)33-20-29(42(6,7)8)21-34(25(3)4)38(33)35-22-36(40-23-26(35)5)32-16-12-15-31-30-18-17-28(19-37(30)41-39(31)32)27-13-10-9-11-14-27;1-16(2,3)13-9-10-14(15-11-13)12-7-5-4-6-8-12;/h9-15,17-25H,1-8H3;4-7,9-11H,1-3H3;/q2*-1;/i5D3;;. The van der Waals surface area contributed by atoms with Crippen LogP contribution in [0.3, 0.4) is 0 Å². The molecule has 0 fully saturated rings. The fraction of sp³-hybridized carbons (Fsp3) is 0.245. The van der Waals surface area contributed by atoms with E-state index in [4.69, 9.17) is 13.5 Å². The predicted molar refractivity (Wildman–Crippen MR) is 254 cm³/mol. The molecule has 3 nitrogen and oxygen atoms in total. The van der Waals surface area contributed by atoms with Gasteiger partial charge in [-0.25, -0.2) is 0 Å². The van der Waals surface area contributed by atoms with Crippen LogP contribution in [0.4, 0.5) is 0 Å². The van der Waals surface area contributed by atoms with E-state index in [1.54, 1.807) is 6.20 Å². The van der Waals surface area contributed by atoms with E-state index in [0.29, 0.717) is 16.8 Å². The van der Waals surface area contributed by atoms with Gasteiger partial charge in [0.05, 0.1) is 21.7 Å². The van der Waals surface area contributed by atoms with Crippen molar-refractivity contribution in [1.29, 1.82) is 0 Å². The van der Waals surface area contributed by atoms with Crippen LogP contribution in [-0.2, 0) is 20.1 Å². The van der Waals surface area contributed by atoms with Crippen molar-refractivity contribution >= 4 is 48.5 Å². The van der Waals surface area contributed by atoms with Gasteiger partial charge in [-0.15, -0.1) is 54.1 Å². The van der Waals surface area contributed by atoms with E-state index in [1.807, 2.05) is 66.9 Å². The molecule has 0 unspecified atom stereocenters. The summed E-state index contributed by atoms with van der Waals surface area (Å²) in [5, 5.41) is 4.78. The minimum Gasteiger partial charge on any atom is -0.501 e. The molecule has 0 amide bonds. The Labute approximate surface area is 372 Å². The molecule has 0 aliphatic carbocycles. The second kappa shape index (κ2) is 17.9. The van der Waals surface area contributed by atoms with Crippen molar-refractivity contribution in [2.24, 2.45) is 0 Å². The molecule has 3 aromatic heterocycles. The number of nitrogens with zero attached hydrogens (tertiary/aromatic N) is 2. The van der Waals surface area contributed by atoms with Gasteiger partial charge < -0.3 is 14.4 Å². The Balaban J connectivity index is 0.000000317. The van der Waals surface area contributed by atoms with Crippen LogP contribution in [0, 0.1) is 19.0 Å². The van der Waals surface area contributed by atoms with E-state index < -0.39 is 23.0 Å². The van der Waals surface area contributed by atoms with Crippen molar-refractivity contribution in [3.8, 4) is 44.8 Å². The van der Waals surface area contributed by atoms with Crippen LogP contribution in [0.1, 0.15) is 60.3 Å². The molecule has 6 heteroatoms. The van der Waals surface area contributed by atoms with Gasteiger partial charge in [0.25, 0.3) is 0 Å². The van der Waals surface area contributed by atoms with Crippen LogP contribution in [0.15, 0.2) is 132 Å². The van der Waals surface area contributed by atoms with Gasteiger partial charge in [0, 0.05) is 42.0 Å². The third kappa shape index (κ3) is 9.53. The molecule has 59 heavy (non-hydrogen) atoms. The number of pyridine rings is 2. The second-order valence-electron chi connectivity index (χ2n) is 17.9. The number of fused-ring (bicyclic) bond motifs is 3. The largest absolute Gasteiger partial charge is 0.501 e. The normalized spacial score (nSPS) is 12.8. The second-order valence-corrected chi connectivity index (χ2v) is 28.1. The first-order valence-corrected chi connectivity index (χ1v) is 27.4. The fourth-order valence-electron chi connectivity index (χ4n) is 7.43. The van der Waals surface area contributed by atoms with Crippen LogP contribution in [0.5, 0.6) is 0 Å². The maximum atomic E-state index is 8.50. The smallest absolute Gasteiger partial charge is 0.121 e. The Morgan fingerprint density at radius 1 is 0.610 bits per heavy atom. The summed E-state index contributed by atoms with van der Waals surface area (Å²) in [7, 11) is -2.87. The van der Waals surface area contributed by atoms with E-state index in [9.17, 15) is 0 Å². The number of furan rings is 1. The van der Waals surface area contributed by atoms with Crippen LogP contribution in [0.2, 0.25) is 39.3 Å². The van der Waals surface area contributed by atoms with Crippen molar-refractivity contribution in [2.45, 2.75) is 85.7 Å². The number of rotatable bonds is 8. The molecular formula is C53H56IrN2OSi2-2. The van der Waals surface area contributed by atoms with Crippen molar-refractivity contribution in [3.05, 3.63) is 156 Å². The van der Waals surface area contributed by atoms with E-state index in [-0.39, 0.29) is 37.5 Å². The number of hydrogen-bond donors (Lipinski definition) is 0. The van der Waals surface area contributed by atoms with Crippen LogP contribution in [-0.4, -0.2) is 26.1 Å². The molecule has 8 aromatic rings. The van der Waals surface area contributed by atoms with Crippen molar-refractivity contribution in [1.82, 2.24) is 9.97 Å². The van der Waals surface area contributed by atoms with Crippen LogP contribution < -0.4 is 10.4 Å². The Bertz CT molecular complexity index is 2780. The zero-order chi connectivity index (χ0) is 43.9. The summed E-state index contributed by atoms with van der Waals surface area (Å²) in [4.78, 5) is 9.27. The Morgan fingerprint density at radius 3 is 1.88 bits per heavy atom. The third-order valence-corrected chi connectivity index (χ3v) is 14.9. The predicted octanol–water partition coefficient (Wildman–Crippen LogP) is 14.0. The molecular weight excluding hydrogens is 929 g/mol. The maximum absolute atomic E-state index is 8.50. The molecule has 0 spiro atoms. The first kappa shape index (κ1) is 39.7. The van der Waals surface area contributed by atoms with Gasteiger partial charge in [-0.05, 0) is 80.3 Å². The van der Waals surface area contributed by atoms with Crippen LogP contribution >= 0.6 is 0 Å². The van der Waals surface area contributed by atoms with Crippen LogP contribution in [0.25, 0.3) is 66.7 Å². The summed E-state index contributed by atoms with van der Waals surface area (Å²) in [5.41, 5.74) is 11.5. The van der Waals surface area contributed by atoms with E-state index >= 15 is 0 Å². The van der Waals surface area contributed by atoms with Gasteiger partial charge in [-0.2, -0.15) is 0 Å². The molecule has 0 aliphatic rings. The van der Waals surface area contributed by atoms with Crippen molar-refractivity contribution in [3.63, 3.8) is 0 Å². The van der Waals surface area contributed by atoms with Crippen molar-refractivity contribution < 1.29 is 28.6 Å². The maximum Gasteiger partial charge on any atom is 0.121 e. The summed E-state index contributed by atoms with van der Waals surface area (Å²) >= 11 is 0. The molecule has 0 bridgehead atoms. The first-order chi connectivity index (χ1) is 28.8. The average molecular weight is 988 g/mol. The van der Waals surface area contributed by atoms with Gasteiger partial charge in [0.2, 0.25) is 0 Å². The number of benzene rings is 5. The molecule has 0 N–H and O–H groups in total. The van der Waals surface area contributed by atoms with Crippen molar-refractivity contribution in [2.75, 3.05) is 0 Å². The number of hydrogen-bond acceptors (Lipinski definition) is 3. The molecule has 5 aromatic carbocycles. The summed E-state index contributed by atoms with van der Waals surface area (Å²) in [5.74, 6) is 0.415. The van der Waals surface area contributed by atoms with Gasteiger partial charge in [-0.1, -0.05) is 156 Å². The first-order valence-electron chi connectivity index (χ1n) is 21.9. The number of aromatic nitrogens is 2. The zero-order valence-electron chi connectivity index (χ0n) is 38.9. The van der Waals surface area contributed by atoms with Gasteiger partial charge in [0.15, 0.2) is 0 Å². The number of aryl methyl sites for hydroxylation is 1. The van der Waals surface area contributed by atoms with Gasteiger partial charge in [-0.3, -0.25) is 0 Å². The average Bonchev–Trinajstić information content (AvgIpc) is 3.61. The monoisotopic (exact) mass is 988 g/mol. The molecule has 8 rings (SSSR count). The Morgan fingerprint density at radius 2 is 1.29 bits per heavy atom. The van der Waals surface area contributed by atoms with E-state index in [1.165, 1.54) is 21.5 Å². The molecule has 1 radical (unpaired) electrons. The van der Waals surface area contributed by atoms with Gasteiger partial charge >= 0.3 is 0 Å². The Hall–Kier alpha value is -4.72. The minimum atomic E-state index is -2.33. The molecule has 0 saturated heterocycles. The van der Waals surface area contributed by atoms with Gasteiger partial charge in [0.1, 0.15) is 5.58 Å². The zero-order valence-corrected chi connectivity index (χ0v) is 40.3. The Kier molecular flexibility index (Phi) is 12.0. The minimum absolute atomic E-state index is 0. The van der Waals surface area contributed by atoms with E-state index in [2.05, 4.69) is 139 Å². The summed E-state index contributed by atoms with van der Waals surface area (Å²) in [6.07, 6.45) is 3.56. The summed E-state index contributed by atoms with van der Waals surface area (Å²) < 4.78 is 32.1. The summed E-state index contributed by atoms with van der Waals surface area (Å²) in [6.45, 7) is 20.5. The summed E-state index contributed by atoms with van der Waals surface area (Å²) in [6, 6.07) is 45.9. The third-order valence-electron chi connectivity index (χ3n) is 10.9.